The monoisotopic (exact) mass is 214 g/mol. The van der Waals surface area contributed by atoms with E-state index in [9.17, 15) is 0 Å². The smallest absolute Gasteiger partial charge is 0.0522 e. The number of thioether (sulfide) groups is 1. The molecule has 1 aromatic rings. The number of hydrogen-bond donors (Lipinski definition) is 2. The highest BCUT2D eigenvalue weighted by Gasteiger charge is 2.08. The highest BCUT2D eigenvalue weighted by atomic mass is 32.2. The van der Waals surface area contributed by atoms with E-state index in [1.807, 2.05) is 35.9 Å². The summed E-state index contributed by atoms with van der Waals surface area (Å²) in [4.78, 5) is 0. The van der Waals surface area contributed by atoms with Crippen LogP contribution in [0.5, 0.6) is 0 Å². The first-order valence-corrected chi connectivity index (χ1v) is 5.93. The number of nitrogens with two attached hydrogens (primary N) is 1. The average molecular weight is 214 g/mol. The lowest BCUT2D eigenvalue weighted by molar-refractivity contribution is 0.575. The van der Waals surface area contributed by atoms with Crippen molar-refractivity contribution < 1.29 is 0 Å². The third kappa shape index (κ3) is 3.69. The minimum absolute atomic E-state index is 0.337. The van der Waals surface area contributed by atoms with Gasteiger partial charge in [-0.2, -0.15) is 16.9 Å². The van der Waals surface area contributed by atoms with Crippen LogP contribution in [0.1, 0.15) is 12.5 Å². The normalized spacial score (nSPS) is 13.1. The van der Waals surface area contributed by atoms with Gasteiger partial charge in [-0.05, 0) is 17.7 Å². The Kier molecular flexibility index (Phi) is 5.00. The SMILES string of the molecule is CCSCC(Cc1cnn(C)c1)NN. The summed E-state index contributed by atoms with van der Waals surface area (Å²) in [5.41, 5.74) is 4.07. The molecule has 3 N–H and O–H groups in total. The zero-order valence-electron chi connectivity index (χ0n) is 8.73. The molecule has 1 rings (SSSR count). The quantitative estimate of drug-likeness (QED) is 0.536. The maximum Gasteiger partial charge on any atom is 0.0522 e. The zero-order valence-corrected chi connectivity index (χ0v) is 9.55. The summed E-state index contributed by atoms with van der Waals surface area (Å²) < 4.78 is 1.82. The van der Waals surface area contributed by atoms with Gasteiger partial charge in [0.2, 0.25) is 0 Å². The molecule has 4 nitrogen and oxygen atoms in total. The first-order chi connectivity index (χ1) is 6.76. The van der Waals surface area contributed by atoms with E-state index in [4.69, 9.17) is 5.84 Å². The van der Waals surface area contributed by atoms with Crippen molar-refractivity contribution in [1.82, 2.24) is 15.2 Å². The van der Waals surface area contributed by atoms with Gasteiger partial charge in [-0.1, -0.05) is 6.92 Å². The van der Waals surface area contributed by atoms with Crippen LogP contribution in [-0.4, -0.2) is 27.3 Å². The second kappa shape index (κ2) is 6.06. The molecule has 0 aliphatic rings. The molecule has 1 atom stereocenters. The Morgan fingerprint density at radius 3 is 3.00 bits per heavy atom. The lowest BCUT2D eigenvalue weighted by Gasteiger charge is -2.13. The number of aromatic nitrogens is 2. The van der Waals surface area contributed by atoms with E-state index in [1.165, 1.54) is 5.56 Å². The largest absolute Gasteiger partial charge is 0.276 e. The molecule has 0 bridgehead atoms. The predicted molar refractivity (Wildman–Crippen MR) is 61.0 cm³/mol. The third-order valence-corrected chi connectivity index (χ3v) is 3.05. The fourth-order valence-electron chi connectivity index (χ4n) is 1.29. The van der Waals surface area contributed by atoms with Gasteiger partial charge in [0.1, 0.15) is 0 Å². The molecule has 5 heteroatoms. The number of rotatable bonds is 6. The topological polar surface area (TPSA) is 55.9 Å². The molecule has 1 unspecified atom stereocenters. The van der Waals surface area contributed by atoms with Crippen molar-refractivity contribution >= 4 is 11.8 Å². The van der Waals surface area contributed by atoms with Crippen molar-refractivity contribution in [3.05, 3.63) is 18.0 Å². The third-order valence-electron chi connectivity index (χ3n) is 2.00. The minimum Gasteiger partial charge on any atom is -0.276 e. The Morgan fingerprint density at radius 1 is 1.71 bits per heavy atom. The number of aryl methyl sites for hydroxylation is 1. The van der Waals surface area contributed by atoms with Crippen LogP contribution in [0.4, 0.5) is 0 Å². The van der Waals surface area contributed by atoms with E-state index in [0.717, 1.165) is 17.9 Å². The van der Waals surface area contributed by atoms with Crippen molar-refractivity contribution in [3.63, 3.8) is 0 Å². The van der Waals surface area contributed by atoms with Crippen molar-refractivity contribution in [2.75, 3.05) is 11.5 Å². The molecular formula is C9H18N4S. The Morgan fingerprint density at radius 2 is 2.50 bits per heavy atom. The van der Waals surface area contributed by atoms with E-state index in [2.05, 4.69) is 17.4 Å². The molecule has 0 aliphatic heterocycles. The summed E-state index contributed by atoms with van der Waals surface area (Å²) in [7, 11) is 1.93. The highest BCUT2D eigenvalue weighted by Crippen LogP contribution is 2.07. The Balaban J connectivity index is 2.40. The van der Waals surface area contributed by atoms with Crippen LogP contribution in [0.15, 0.2) is 12.4 Å². The number of hydrazine groups is 1. The van der Waals surface area contributed by atoms with Crippen molar-refractivity contribution in [2.24, 2.45) is 12.9 Å². The molecular weight excluding hydrogens is 196 g/mol. The van der Waals surface area contributed by atoms with E-state index >= 15 is 0 Å². The van der Waals surface area contributed by atoms with Crippen LogP contribution in [0.25, 0.3) is 0 Å². The average Bonchev–Trinajstić information content (AvgIpc) is 2.58. The van der Waals surface area contributed by atoms with Crippen LogP contribution < -0.4 is 11.3 Å². The van der Waals surface area contributed by atoms with E-state index in [1.54, 1.807) is 0 Å². The number of hydrogen-bond acceptors (Lipinski definition) is 4. The molecule has 0 amide bonds. The molecule has 14 heavy (non-hydrogen) atoms. The molecule has 0 saturated heterocycles. The van der Waals surface area contributed by atoms with Gasteiger partial charge >= 0.3 is 0 Å². The maximum absolute atomic E-state index is 5.48. The molecule has 0 fully saturated rings. The Labute approximate surface area is 89.2 Å². The molecule has 0 aliphatic carbocycles. The van der Waals surface area contributed by atoms with Gasteiger partial charge in [-0.15, -0.1) is 0 Å². The van der Waals surface area contributed by atoms with Gasteiger partial charge in [-0.3, -0.25) is 16.0 Å². The Hall–Kier alpha value is -0.520. The molecule has 1 aromatic heterocycles. The molecule has 0 aromatic carbocycles. The van der Waals surface area contributed by atoms with Crippen molar-refractivity contribution in [1.29, 1.82) is 0 Å². The van der Waals surface area contributed by atoms with Crippen LogP contribution in [0, 0.1) is 0 Å². The lowest BCUT2D eigenvalue weighted by atomic mass is 10.1. The van der Waals surface area contributed by atoms with Crippen LogP contribution >= 0.6 is 11.8 Å². The molecule has 0 spiro atoms. The second-order valence-electron chi connectivity index (χ2n) is 3.25. The second-order valence-corrected chi connectivity index (χ2v) is 4.57. The van der Waals surface area contributed by atoms with Crippen LogP contribution in [-0.2, 0) is 13.5 Å². The molecule has 80 valence electrons. The fourth-order valence-corrected chi connectivity index (χ4v) is 2.02. The fraction of sp³-hybridized carbons (Fsp3) is 0.667. The summed E-state index contributed by atoms with van der Waals surface area (Å²) in [6.45, 7) is 2.16. The zero-order chi connectivity index (χ0) is 10.4. The van der Waals surface area contributed by atoms with Crippen LogP contribution in [0.2, 0.25) is 0 Å². The Bertz CT molecular complexity index is 261. The van der Waals surface area contributed by atoms with Crippen molar-refractivity contribution in [2.45, 2.75) is 19.4 Å². The maximum atomic E-state index is 5.48. The summed E-state index contributed by atoms with van der Waals surface area (Å²) in [6, 6.07) is 0.337. The van der Waals surface area contributed by atoms with E-state index in [-0.39, 0.29) is 0 Å². The standard InChI is InChI=1S/C9H18N4S/c1-3-14-7-9(12-10)4-8-5-11-13(2)6-8/h5-6,9,12H,3-4,7,10H2,1-2H3. The molecule has 0 radical (unpaired) electrons. The number of nitrogens with zero attached hydrogens (tertiary/aromatic N) is 2. The predicted octanol–water partition coefficient (Wildman–Crippen LogP) is 0.548. The van der Waals surface area contributed by atoms with Gasteiger partial charge in [0.15, 0.2) is 0 Å². The van der Waals surface area contributed by atoms with E-state index < -0.39 is 0 Å². The van der Waals surface area contributed by atoms with Gasteiger partial charge in [0.25, 0.3) is 0 Å². The first-order valence-electron chi connectivity index (χ1n) is 4.77. The minimum atomic E-state index is 0.337. The summed E-state index contributed by atoms with van der Waals surface area (Å²) in [5, 5.41) is 4.13. The first kappa shape index (κ1) is 11.6. The molecule has 1 heterocycles. The van der Waals surface area contributed by atoms with Gasteiger partial charge in [0, 0.05) is 25.0 Å². The molecule has 0 saturated carbocycles. The van der Waals surface area contributed by atoms with Crippen molar-refractivity contribution in [3.8, 4) is 0 Å². The number of nitrogens with one attached hydrogen (secondary N) is 1. The van der Waals surface area contributed by atoms with E-state index in [0.29, 0.717) is 6.04 Å². The van der Waals surface area contributed by atoms with Gasteiger partial charge in [0.05, 0.1) is 6.20 Å². The summed E-state index contributed by atoms with van der Waals surface area (Å²) >= 11 is 1.90. The lowest BCUT2D eigenvalue weighted by Crippen LogP contribution is -2.38. The highest BCUT2D eigenvalue weighted by molar-refractivity contribution is 7.99. The van der Waals surface area contributed by atoms with Gasteiger partial charge in [-0.25, -0.2) is 0 Å². The van der Waals surface area contributed by atoms with Gasteiger partial charge < -0.3 is 0 Å². The summed E-state index contributed by atoms with van der Waals surface area (Å²) in [5.74, 6) is 7.65. The summed E-state index contributed by atoms with van der Waals surface area (Å²) in [6.07, 6.45) is 4.86. The van der Waals surface area contributed by atoms with Crippen LogP contribution in [0.3, 0.4) is 0 Å².